The number of aliphatic hydroxyl groups is 1. The molecule has 7 heteroatoms. The summed E-state index contributed by atoms with van der Waals surface area (Å²) in [5.41, 5.74) is 4.70. The van der Waals surface area contributed by atoms with Gasteiger partial charge in [-0.15, -0.1) is 0 Å². The van der Waals surface area contributed by atoms with Crippen molar-refractivity contribution in [2.45, 2.75) is 138 Å². The lowest BCUT2D eigenvalue weighted by Gasteiger charge is -2.72. The number of nitrogens with zero attached hydrogens (tertiary/aromatic N) is 2. The minimum Gasteiger partial charge on any atom is -0.478 e. The van der Waals surface area contributed by atoms with Crippen molar-refractivity contribution in [1.82, 2.24) is 9.80 Å². The maximum absolute atomic E-state index is 14.4. The Kier molecular flexibility index (Phi) is 10.2. The lowest BCUT2D eigenvalue weighted by atomic mass is 9.32. The lowest BCUT2D eigenvalue weighted by Crippen LogP contribution is -2.65. The number of carbonyl (C=O) groups excluding carboxylic acids is 2. The van der Waals surface area contributed by atoms with Crippen LogP contribution in [0.1, 0.15) is 148 Å². The fraction of sp³-hybridized carbons (Fsp3) is 0.735. The summed E-state index contributed by atoms with van der Waals surface area (Å²) in [7, 11) is 0. The third-order valence-electron chi connectivity index (χ3n) is 17.9. The Bertz CT molecular complexity index is 1800. The summed E-state index contributed by atoms with van der Waals surface area (Å²) in [5, 5.41) is 22.2. The van der Waals surface area contributed by atoms with Crippen LogP contribution in [-0.4, -0.2) is 76.5 Å². The minimum atomic E-state index is -0.890. The van der Waals surface area contributed by atoms with E-state index < -0.39 is 17.5 Å². The smallest absolute Gasteiger partial charge is 0.335 e. The quantitative estimate of drug-likeness (QED) is 0.233. The summed E-state index contributed by atoms with van der Waals surface area (Å²) in [6.45, 7) is 20.3. The number of hydrogen-bond acceptors (Lipinski definition) is 5. The molecule has 5 fully saturated rings. The van der Waals surface area contributed by atoms with Crippen LogP contribution < -0.4 is 0 Å². The molecule has 0 aromatic heterocycles. The number of amides is 1. The molecular formula is C49H70N2O5. The second kappa shape index (κ2) is 14.2. The van der Waals surface area contributed by atoms with Crippen LogP contribution in [0.2, 0.25) is 0 Å². The van der Waals surface area contributed by atoms with Gasteiger partial charge in [0, 0.05) is 24.9 Å². The van der Waals surface area contributed by atoms with Crippen molar-refractivity contribution < 1.29 is 24.6 Å². The first kappa shape index (κ1) is 40.0. The number of aromatic carboxylic acids is 1. The molecular weight excluding hydrogens is 697 g/mol. The summed E-state index contributed by atoms with van der Waals surface area (Å²) in [4.78, 5) is 44.2. The van der Waals surface area contributed by atoms with E-state index in [1.165, 1.54) is 11.1 Å². The third-order valence-corrected chi connectivity index (χ3v) is 17.9. The predicted octanol–water partition coefficient (Wildman–Crippen LogP) is 9.44. The van der Waals surface area contributed by atoms with Crippen molar-refractivity contribution in [1.29, 1.82) is 0 Å². The van der Waals surface area contributed by atoms with Crippen molar-refractivity contribution in [3.63, 3.8) is 0 Å². The third kappa shape index (κ3) is 6.04. The van der Waals surface area contributed by atoms with Crippen LogP contribution >= 0.6 is 0 Å². The number of carboxylic acid groups (broad SMARTS) is 1. The van der Waals surface area contributed by atoms with Gasteiger partial charge in [0.15, 0.2) is 5.78 Å². The van der Waals surface area contributed by atoms with Crippen molar-refractivity contribution in [2.24, 2.45) is 56.7 Å². The van der Waals surface area contributed by atoms with Crippen LogP contribution in [0.3, 0.4) is 0 Å². The Morgan fingerprint density at radius 3 is 2.25 bits per heavy atom. The highest BCUT2D eigenvalue weighted by molar-refractivity contribution is 6.01. The highest BCUT2D eigenvalue weighted by Gasteiger charge is 2.71. The zero-order valence-electron chi connectivity index (χ0n) is 35.6. The van der Waals surface area contributed by atoms with Crippen molar-refractivity contribution >= 4 is 23.2 Å². The van der Waals surface area contributed by atoms with E-state index in [2.05, 4.69) is 59.4 Å². The Morgan fingerprint density at radius 1 is 0.929 bits per heavy atom. The summed E-state index contributed by atoms with van der Waals surface area (Å²) >= 11 is 0. The molecule has 4 saturated carbocycles. The number of likely N-dealkylation sites (tertiary alicyclic amines) is 1. The van der Waals surface area contributed by atoms with E-state index in [9.17, 15) is 24.6 Å². The molecule has 0 spiro atoms. The van der Waals surface area contributed by atoms with Gasteiger partial charge < -0.3 is 15.1 Å². The molecule has 8 rings (SSSR count). The molecule has 1 saturated heterocycles. The van der Waals surface area contributed by atoms with Gasteiger partial charge >= 0.3 is 5.97 Å². The highest BCUT2D eigenvalue weighted by atomic mass is 16.4. The average Bonchev–Trinajstić information content (AvgIpc) is 3.70. The largest absolute Gasteiger partial charge is 0.478 e. The summed E-state index contributed by atoms with van der Waals surface area (Å²) < 4.78 is 0. The number of ketones is 1. The molecule has 8 atom stereocenters. The molecule has 306 valence electrons. The summed E-state index contributed by atoms with van der Waals surface area (Å²) in [6.07, 6.45) is 15.2. The predicted molar refractivity (Wildman–Crippen MR) is 222 cm³/mol. The number of carbonyl (C=O) groups is 3. The first-order chi connectivity index (χ1) is 26.5. The van der Waals surface area contributed by atoms with Gasteiger partial charge in [-0.1, -0.05) is 72.2 Å². The fourth-order valence-electron chi connectivity index (χ4n) is 15.1. The minimum absolute atomic E-state index is 0.0350. The number of allylic oxidation sites excluding steroid dienone is 3. The maximum Gasteiger partial charge on any atom is 0.335 e. The number of Topliss-reactive ketones (excluding diaryl/α,β-unsaturated/α-hetero) is 1. The molecule has 0 unspecified atom stereocenters. The molecule has 2 N–H and O–H groups in total. The molecule has 1 aliphatic heterocycles. The molecule has 56 heavy (non-hydrogen) atoms. The number of fused-ring (bicyclic) bond motifs is 7. The monoisotopic (exact) mass is 767 g/mol. The van der Waals surface area contributed by atoms with Crippen LogP contribution in [0.15, 0.2) is 41.5 Å². The van der Waals surface area contributed by atoms with Crippen molar-refractivity contribution in [2.75, 3.05) is 32.7 Å². The number of hydrogen-bond donors (Lipinski definition) is 2. The lowest BCUT2D eigenvalue weighted by molar-refractivity contribution is -0.208. The van der Waals surface area contributed by atoms with Crippen LogP contribution in [0, 0.1) is 56.7 Å². The molecule has 1 aromatic rings. The molecule has 1 amide bonds. The van der Waals surface area contributed by atoms with Crippen LogP contribution in [0.5, 0.6) is 0 Å². The Labute approximate surface area is 336 Å². The van der Waals surface area contributed by atoms with Gasteiger partial charge in [0.2, 0.25) is 5.91 Å². The fourth-order valence-corrected chi connectivity index (χ4v) is 15.1. The van der Waals surface area contributed by atoms with Gasteiger partial charge in [-0.05, 0) is 170 Å². The number of aliphatic hydroxyl groups excluding tert-OH is 1. The molecule has 7 aliphatic rings. The van der Waals surface area contributed by atoms with E-state index in [1.54, 1.807) is 12.1 Å². The first-order valence-corrected chi connectivity index (χ1v) is 22.5. The number of carboxylic acids is 1. The Balaban J connectivity index is 1.12. The van der Waals surface area contributed by atoms with E-state index in [0.717, 1.165) is 108 Å². The van der Waals surface area contributed by atoms with E-state index in [-0.39, 0.29) is 45.2 Å². The molecule has 0 radical (unpaired) electrons. The molecule has 7 nitrogen and oxygen atoms in total. The van der Waals surface area contributed by atoms with Crippen molar-refractivity contribution in [3.8, 4) is 0 Å². The topological polar surface area (TPSA) is 98.2 Å². The second-order valence-corrected chi connectivity index (χ2v) is 21.1. The Hall–Kier alpha value is -2.77. The van der Waals surface area contributed by atoms with Crippen LogP contribution in [0.4, 0.5) is 0 Å². The maximum atomic E-state index is 14.4. The zero-order chi connectivity index (χ0) is 40.0. The average molecular weight is 767 g/mol. The second-order valence-electron chi connectivity index (χ2n) is 21.1. The van der Waals surface area contributed by atoms with E-state index >= 15 is 0 Å². The number of benzene rings is 1. The van der Waals surface area contributed by atoms with E-state index in [1.807, 2.05) is 17.0 Å². The molecule has 1 heterocycles. The van der Waals surface area contributed by atoms with Crippen LogP contribution in [-0.2, 0) is 9.59 Å². The van der Waals surface area contributed by atoms with Gasteiger partial charge in [-0.2, -0.15) is 0 Å². The Morgan fingerprint density at radius 2 is 1.62 bits per heavy atom. The van der Waals surface area contributed by atoms with E-state index in [0.29, 0.717) is 42.8 Å². The molecule has 0 bridgehead atoms. The van der Waals surface area contributed by atoms with Gasteiger partial charge in [-0.3, -0.25) is 14.5 Å². The zero-order valence-corrected chi connectivity index (χ0v) is 35.6. The summed E-state index contributed by atoms with van der Waals surface area (Å²) in [6, 6.07) is 7.50. The molecule has 1 aromatic carbocycles. The number of rotatable bonds is 11. The highest BCUT2D eigenvalue weighted by Crippen LogP contribution is 2.78. The first-order valence-electron chi connectivity index (χ1n) is 22.5. The van der Waals surface area contributed by atoms with Gasteiger partial charge in [0.25, 0.3) is 0 Å². The standard InChI is InChI=1S/C49H70N2O5/c1-8-49-24-23-48(40(53)29-51(28-32-11-12-32)41(54)30-50-25-9-10-26-50)27-37(52)42(31(2)3)43(48)36(49)17-18-39-46(6)21-19-35(33-13-15-34(16-14-33)44(55)56)45(4,5)38(46)20-22-47(39,49)7/h13-16,19,31-32,36,38-40,53H,8-12,17-18,20-30H2,1-7H3,(H,55,56)/t36-,38-,39-,40+,46+,47-,48+,49-/m1/s1. The van der Waals surface area contributed by atoms with Crippen molar-refractivity contribution in [3.05, 3.63) is 52.6 Å². The summed E-state index contributed by atoms with van der Waals surface area (Å²) in [5.74, 6) is 1.42. The van der Waals surface area contributed by atoms with Crippen LogP contribution in [0.25, 0.3) is 5.57 Å². The van der Waals surface area contributed by atoms with Gasteiger partial charge in [0.1, 0.15) is 0 Å². The van der Waals surface area contributed by atoms with Gasteiger partial charge in [0.05, 0.1) is 18.2 Å². The van der Waals surface area contributed by atoms with Gasteiger partial charge in [-0.25, -0.2) is 4.79 Å². The molecule has 6 aliphatic carbocycles. The normalized spacial score (nSPS) is 37.1. The SMILES string of the molecule is CC[C@@]12CC[C@@]3([C@@H](O)CN(CC4CC4)C(=O)CN4CCCC4)CC(=O)C(C(C)C)=C3[C@H]1CC[C@@H]1[C@@]3(C)CC=C(c4ccc(C(=O)O)cc4)C(C)(C)[C@H]3CC[C@]12C. The van der Waals surface area contributed by atoms with E-state index in [4.69, 9.17) is 0 Å².